The van der Waals surface area contributed by atoms with Crippen molar-refractivity contribution in [1.29, 1.82) is 0 Å². The minimum atomic E-state index is 0.388. The van der Waals surface area contributed by atoms with Crippen molar-refractivity contribution in [3.05, 3.63) is 35.9 Å². The van der Waals surface area contributed by atoms with E-state index in [2.05, 4.69) is 30.3 Å². The summed E-state index contributed by atoms with van der Waals surface area (Å²) in [6.07, 6.45) is 5.58. The molecule has 1 heteroatoms. The normalized spacial score (nSPS) is 33.8. The first-order chi connectivity index (χ1) is 7.84. The number of benzene rings is 1. The van der Waals surface area contributed by atoms with Gasteiger partial charge in [-0.2, -0.15) is 0 Å². The SMILES string of the molecule is O=C1CCC[C@@H]2C[C@H](c3ccccc3)C[C@@H]12. The third kappa shape index (κ3) is 1.68. The average molecular weight is 214 g/mol. The van der Waals surface area contributed by atoms with Crippen molar-refractivity contribution in [2.75, 3.05) is 0 Å². The van der Waals surface area contributed by atoms with Gasteiger partial charge < -0.3 is 0 Å². The lowest BCUT2D eigenvalue weighted by Crippen LogP contribution is -2.23. The summed E-state index contributed by atoms with van der Waals surface area (Å²) < 4.78 is 0. The van der Waals surface area contributed by atoms with Gasteiger partial charge in [0, 0.05) is 12.3 Å². The molecule has 1 aromatic rings. The first-order valence-corrected chi connectivity index (χ1v) is 6.42. The van der Waals surface area contributed by atoms with Crippen LogP contribution in [0.5, 0.6) is 0 Å². The molecule has 16 heavy (non-hydrogen) atoms. The van der Waals surface area contributed by atoms with Gasteiger partial charge in [-0.05, 0) is 43.1 Å². The Morgan fingerprint density at radius 3 is 2.62 bits per heavy atom. The van der Waals surface area contributed by atoms with E-state index in [0.29, 0.717) is 23.5 Å². The molecule has 3 rings (SSSR count). The second-order valence-electron chi connectivity index (χ2n) is 5.30. The molecule has 0 spiro atoms. The summed E-state index contributed by atoms with van der Waals surface area (Å²) >= 11 is 0. The molecular formula is C15H18O. The molecule has 0 bridgehead atoms. The lowest BCUT2D eigenvalue weighted by molar-refractivity contribution is -0.125. The summed E-state index contributed by atoms with van der Waals surface area (Å²) in [4.78, 5) is 11.9. The molecule has 1 nitrogen and oxygen atoms in total. The first kappa shape index (κ1) is 10.1. The monoisotopic (exact) mass is 214 g/mol. The zero-order valence-electron chi connectivity index (χ0n) is 9.56. The highest BCUT2D eigenvalue weighted by Crippen LogP contribution is 2.47. The molecule has 2 fully saturated rings. The fraction of sp³-hybridized carbons (Fsp3) is 0.533. The molecule has 0 saturated heterocycles. The van der Waals surface area contributed by atoms with Gasteiger partial charge in [0.15, 0.2) is 0 Å². The van der Waals surface area contributed by atoms with Crippen LogP contribution in [-0.4, -0.2) is 5.78 Å². The van der Waals surface area contributed by atoms with E-state index in [-0.39, 0.29) is 0 Å². The lowest BCUT2D eigenvalue weighted by Gasteiger charge is -2.22. The standard InChI is InChI=1S/C15H18O/c16-15-8-4-7-12-9-13(10-14(12)15)11-5-2-1-3-6-11/h1-3,5-6,12-14H,4,7-10H2/t12-,13+,14-/m1/s1. The van der Waals surface area contributed by atoms with Crippen LogP contribution >= 0.6 is 0 Å². The predicted molar refractivity (Wildman–Crippen MR) is 64.3 cm³/mol. The molecule has 2 aliphatic carbocycles. The van der Waals surface area contributed by atoms with Crippen molar-refractivity contribution in [2.45, 2.75) is 38.0 Å². The van der Waals surface area contributed by atoms with Crippen molar-refractivity contribution in [3.63, 3.8) is 0 Å². The molecule has 2 saturated carbocycles. The minimum absolute atomic E-state index is 0.388. The molecule has 3 atom stereocenters. The largest absolute Gasteiger partial charge is 0.299 e. The minimum Gasteiger partial charge on any atom is -0.299 e. The lowest BCUT2D eigenvalue weighted by atomic mass is 9.81. The first-order valence-electron chi connectivity index (χ1n) is 6.42. The van der Waals surface area contributed by atoms with Crippen LogP contribution in [0.1, 0.15) is 43.6 Å². The van der Waals surface area contributed by atoms with E-state index in [1.165, 1.54) is 18.4 Å². The van der Waals surface area contributed by atoms with E-state index in [1.54, 1.807) is 0 Å². The summed E-state index contributed by atoms with van der Waals surface area (Å²) in [5.74, 6) is 2.25. The number of carbonyl (C=O) groups excluding carboxylic acids is 1. The Bertz CT molecular complexity index is 382. The third-order valence-corrected chi connectivity index (χ3v) is 4.38. The van der Waals surface area contributed by atoms with Crippen LogP contribution in [0.4, 0.5) is 0 Å². The maximum absolute atomic E-state index is 11.9. The number of hydrogen-bond acceptors (Lipinski definition) is 1. The van der Waals surface area contributed by atoms with Gasteiger partial charge in [0.2, 0.25) is 0 Å². The number of rotatable bonds is 1. The van der Waals surface area contributed by atoms with Crippen LogP contribution in [0.25, 0.3) is 0 Å². The molecule has 0 radical (unpaired) electrons. The van der Waals surface area contributed by atoms with E-state index < -0.39 is 0 Å². The Morgan fingerprint density at radius 1 is 1.06 bits per heavy atom. The van der Waals surface area contributed by atoms with Gasteiger partial charge in [0.05, 0.1) is 0 Å². The quantitative estimate of drug-likeness (QED) is 0.698. The van der Waals surface area contributed by atoms with Crippen molar-refractivity contribution >= 4 is 5.78 Å². The summed E-state index contributed by atoms with van der Waals surface area (Å²) in [7, 11) is 0. The van der Waals surface area contributed by atoms with Crippen LogP contribution in [0.3, 0.4) is 0 Å². The second-order valence-corrected chi connectivity index (χ2v) is 5.30. The van der Waals surface area contributed by atoms with Crippen LogP contribution < -0.4 is 0 Å². The molecule has 0 unspecified atom stereocenters. The number of carbonyl (C=O) groups is 1. The smallest absolute Gasteiger partial charge is 0.136 e. The summed E-state index contributed by atoms with van der Waals surface area (Å²) in [5.41, 5.74) is 1.43. The van der Waals surface area contributed by atoms with Gasteiger partial charge in [-0.25, -0.2) is 0 Å². The average Bonchev–Trinajstić information content (AvgIpc) is 2.76. The van der Waals surface area contributed by atoms with E-state index in [4.69, 9.17) is 0 Å². The van der Waals surface area contributed by atoms with Crippen molar-refractivity contribution in [1.82, 2.24) is 0 Å². The number of fused-ring (bicyclic) bond motifs is 1. The maximum Gasteiger partial charge on any atom is 0.136 e. The molecule has 0 N–H and O–H groups in total. The highest BCUT2D eigenvalue weighted by Gasteiger charge is 2.40. The van der Waals surface area contributed by atoms with E-state index >= 15 is 0 Å². The Kier molecular flexibility index (Phi) is 2.55. The van der Waals surface area contributed by atoms with Crippen molar-refractivity contribution in [3.8, 4) is 0 Å². The Hall–Kier alpha value is -1.11. The molecule has 1 aromatic carbocycles. The number of hydrogen-bond donors (Lipinski definition) is 0. The zero-order chi connectivity index (χ0) is 11.0. The zero-order valence-corrected chi connectivity index (χ0v) is 9.56. The van der Waals surface area contributed by atoms with Gasteiger partial charge >= 0.3 is 0 Å². The second kappa shape index (κ2) is 4.04. The van der Waals surface area contributed by atoms with Crippen LogP contribution in [0.2, 0.25) is 0 Å². The van der Waals surface area contributed by atoms with Gasteiger partial charge in [0.25, 0.3) is 0 Å². The van der Waals surface area contributed by atoms with E-state index in [0.717, 1.165) is 19.3 Å². The molecule has 2 aliphatic rings. The summed E-state index contributed by atoms with van der Waals surface area (Å²) in [5, 5.41) is 0. The molecule has 0 heterocycles. The van der Waals surface area contributed by atoms with E-state index in [1.807, 2.05) is 0 Å². The Labute approximate surface area is 96.9 Å². The maximum atomic E-state index is 11.9. The predicted octanol–water partition coefficient (Wildman–Crippen LogP) is 3.55. The number of ketones is 1. The molecule has 0 aliphatic heterocycles. The third-order valence-electron chi connectivity index (χ3n) is 4.38. The van der Waals surface area contributed by atoms with Gasteiger partial charge in [0.1, 0.15) is 5.78 Å². The van der Waals surface area contributed by atoms with Crippen molar-refractivity contribution < 1.29 is 4.79 Å². The highest BCUT2D eigenvalue weighted by atomic mass is 16.1. The fourth-order valence-electron chi connectivity index (χ4n) is 3.56. The summed E-state index contributed by atoms with van der Waals surface area (Å²) in [6.45, 7) is 0. The molecule has 0 amide bonds. The van der Waals surface area contributed by atoms with Crippen LogP contribution in [0, 0.1) is 11.8 Å². The molecule has 84 valence electrons. The summed E-state index contributed by atoms with van der Waals surface area (Å²) in [6, 6.07) is 10.7. The molecule has 0 aromatic heterocycles. The van der Waals surface area contributed by atoms with Gasteiger partial charge in [-0.3, -0.25) is 4.79 Å². The topological polar surface area (TPSA) is 17.1 Å². The van der Waals surface area contributed by atoms with Crippen molar-refractivity contribution in [2.24, 2.45) is 11.8 Å². The Morgan fingerprint density at radius 2 is 1.88 bits per heavy atom. The van der Waals surface area contributed by atoms with Gasteiger partial charge in [-0.15, -0.1) is 0 Å². The van der Waals surface area contributed by atoms with Gasteiger partial charge in [-0.1, -0.05) is 30.3 Å². The van der Waals surface area contributed by atoms with E-state index in [9.17, 15) is 4.79 Å². The molecular weight excluding hydrogens is 196 g/mol. The number of Topliss-reactive ketones (excluding diaryl/α,β-unsaturated/α-hetero) is 1. The van der Waals surface area contributed by atoms with Crippen LogP contribution in [0.15, 0.2) is 30.3 Å². The highest BCUT2D eigenvalue weighted by molar-refractivity contribution is 5.82. The Balaban J connectivity index is 1.79. The van der Waals surface area contributed by atoms with Crippen LogP contribution in [-0.2, 0) is 4.79 Å². The fourth-order valence-corrected chi connectivity index (χ4v) is 3.56.